The molecule has 37 heavy (non-hydrogen) atoms. The van der Waals surface area contributed by atoms with Crippen molar-refractivity contribution in [2.24, 2.45) is 5.92 Å². The minimum Gasteiger partial charge on any atom is -0.497 e. The third-order valence-corrected chi connectivity index (χ3v) is 6.85. The van der Waals surface area contributed by atoms with Crippen molar-refractivity contribution in [2.45, 2.75) is 25.8 Å². The first-order valence-electron chi connectivity index (χ1n) is 12.4. The van der Waals surface area contributed by atoms with E-state index in [4.69, 9.17) is 14.2 Å². The summed E-state index contributed by atoms with van der Waals surface area (Å²) in [4.78, 5) is 28.3. The first-order valence-corrected chi connectivity index (χ1v) is 12.4. The fourth-order valence-corrected chi connectivity index (χ4v) is 4.91. The average molecular weight is 502 g/mol. The van der Waals surface area contributed by atoms with Crippen LogP contribution < -0.4 is 24.8 Å². The highest BCUT2D eigenvalue weighted by atomic mass is 16.7. The van der Waals surface area contributed by atoms with E-state index >= 15 is 0 Å². The van der Waals surface area contributed by atoms with Crippen molar-refractivity contribution in [3.63, 3.8) is 0 Å². The SMILES string of the molecule is COc1cccc(NC(=O)N2C[C@H](C(=O)NCc3ccc4c(c3)OCO4)C[C@H](c3cccc(C)c3)C2)c1. The molecule has 3 aromatic rings. The first-order chi connectivity index (χ1) is 18.0. The van der Waals surface area contributed by atoms with Gasteiger partial charge in [-0.3, -0.25) is 4.79 Å². The second kappa shape index (κ2) is 10.8. The highest BCUT2D eigenvalue weighted by Crippen LogP contribution is 2.33. The summed E-state index contributed by atoms with van der Waals surface area (Å²) < 4.78 is 16.1. The molecule has 2 aliphatic rings. The number of methoxy groups -OCH3 is 1. The number of benzene rings is 3. The van der Waals surface area contributed by atoms with Crippen molar-refractivity contribution in [3.05, 3.63) is 83.4 Å². The molecule has 0 aliphatic carbocycles. The van der Waals surface area contributed by atoms with Gasteiger partial charge < -0.3 is 29.7 Å². The van der Waals surface area contributed by atoms with Crippen LogP contribution in [0, 0.1) is 12.8 Å². The number of urea groups is 1. The third kappa shape index (κ3) is 5.80. The fraction of sp³-hybridized carbons (Fsp3) is 0.310. The molecule has 192 valence electrons. The number of hydrogen-bond donors (Lipinski definition) is 2. The minimum atomic E-state index is -0.343. The number of anilines is 1. The molecule has 0 radical (unpaired) electrons. The Morgan fingerprint density at radius 3 is 2.68 bits per heavy atom. The Kier molecular flexibility index (Phi) is 7.16. The highest BCUT2D eigenvalue weighted by Gasteiger charge is 2.34. The summed E-state index contributed by atoms with van der Waals surface area (Å²) in [6, 6.07) is 20.9. The van der Waals surface area contributed by atoms with Gasteiger partial charge in [-0.05, 0) is 48.7 Å². The van der Waals surface area contributed by atoms with Crippen LogP contribution in [0.2, 0.25) is 0 Å². The van der Waals surface area contributed by atoms with Gasteiger partial charge >= 0.3 is 6.03 Å². The van der Waals surface area contributed by atoms with Gasteiger partial charge in [0.2, 0.25) is 12.7 Å². The maximum Gasteiger partial charge on any atom is 0.321 e. The van der Waals surface area contributed by atoms with Gasteiger partial charge in [0.05, 0.1) is 13.0 Å². The summed E-state index contributed by atoms with van der Waals surface area (Å²) >= 11 is 0. The summed E-state index contributed by atoms with van der Waals surface area (Å²) in [7, 11) is 1.59. The molecule has 0 spiro atoms. The molecule has 2 heterocycles. The van der Waals surface area contributed by atoms with Gasteiger partial charge in [0.25, 0.3) is 0 Å². The summed E-state index contributed by atoms with van der Waals surface area (Å²) in [5.41, 5.74) is 3.86. The van der Waals surface area contributed by atoms with Crippen LogP contribution in [0.25, 0.3) is 0 Å². The first kappa shape index (κ1) is 24.5. The largest absolute Gasteiger partial charge is 0.497 e. The Labute approximate surface area is 216 Å². The number of likely N-dealkylation sites (tertiary alicyclic amines) is 1. The predicted molar refractivity (Wildman–Crippen MR) is 140 cm³/mol. The van der Waals surface area contributed by atoms with Gasteiger partial charge in [-0.15, -0.1) is 0 Å². The normalized spacial score (nSPS) is 18.3. The third-order valence-electron chi connectivity index (χ3n) is 6.85. The quantitative estimate of drug-likeness (QED) is 0.512. The van der Waals surface area contributed by atoms with Crippen molar-refractivity contribution in [1.82, 2.24) is 10.2 Å². The Balaban J connectivity index is 1.30. The molecule has 1 fully saturated rings. The molecule has 2 atom stereocenters. The lowest BCUT2D eigenvalue weighted by Crippen LogP contribution is -2.49. The molecule has 0 bridgehead atoms. The molecule has 1 saturated heterocycles. The van der Waals surface area contributed by atoms with Crippen molar-refractivity contribution < 1.29 is 23.8 Å². The number of piperidine rings is 1. The van der Waals surface area contributed by atoms with E-state index in [-0.39, 0.29) is 30.6 Å². The number of rotatable bonds is 6. The van der Waals surface area contributed by atoms with Gasteiger partial charge in [-0.2, -0.15) is 0 Å². The van der Waals surface area contributed by atoms with Crippen molar-refractivity contribution in [3.8, 4) is 17.2 Å². The Morgan fingerprint density at radius 1 is 1.00 bits per heavy atom. The van der Waals surface area contributed by atoms with Crippen LogP contribution in [0.4, 0.5) is 10.5 Å². The summed E-state index contributed by atoms with van der Waals surface area (Å²) in [5, 5.41) is 6.02. The molecule has 0 aromatic heterocycles. The van der Waals surface area contributed by atoms with E-state index in [1.165, 1.54) is 0 Å². The molecule has 3 amide bonds. The van der Waals surface area contributed by atoms with E-state index in [0.717, 1.165) is 16.7 Å². The Hall–Kier alpha value is -4.20. The average Bonchev–Trinajstić information content (AvgIpc) is 3.39. The van der Waals surface area contributed by atoms with E-state index in [1.807, 2.05) is 42.5 Å². The molecule has 8 nitrogen and oxygen atoms in total. The van der Waals surface area contributed by atoms with Crippen LogP contribution in [-0.4, -0.2) is 43.8 Å². The monoisotopic (exact) mass is 501 g/mol. The van der Waals surface area contributed by atoms with Gasteiger partial charge in [-0.1, -0.05) is 42.0 Å². The molecule has 3 aromatic carbocycles. The summed E-state index contributed by atoms with van der Waals surface area (Å²) in [5.74, 6) is 1.68. The fourth-order valence-electron chi connectivity index (χ4n) is 4.91. The number of hydrogen-bond acceptors (Lipinski definition) is 5. The Bertz CT molecular complexity index is 1290. The lowest BCUT2D eigenvalue weighted by molar-refractivity contribution is -0.126. The van der Waals surface area contributed by atoms with Gasteiger partial charge in [-0.25, -0.2) is 4.79 Å². The van der Waals surface area contributed by atoms with Crippen LogP contribution >= 0.6 is 0 Å². The number of carbonyl (C=O) groups excluding carboxylic acids is 2. The standard InChI is InChI=1S/C29H31N3O5/c1-19-5-3-6-21(11-19)22-13-23(28(33)30-15-20-9-10-26-27(12-20)37-18-36-26)17-32(16-22)29(34)31-24-7-4-8-25(14-24)35-2/h3-12,14,22-23H,13,15-18H2,1-2H3,(H,30,33)(H,31,34)/t22-,23+/m0/s1. The van der Waals surface area contributed by atoms with Crippen molar-refractivity contribution in [1.29, 1.82) is 0 Å². The maximum atomic E-state index is 13.3. The zero-order valence-electron chi connectivity index (χ0n) is 21.0. The van der Waals surface area contributed by atoms with Crippen LogP contribution in [-0.2, 0) is 11.3 Å². The van der Waals surface area contributed by atoms with Gasteiger partial charge in [0, 0.05) is 37.3 Å². The molecule has 5 rings (SSSR count). The van der Waals surface area contributed by atoms with Gasteiger partial charge in [0.1, 0.15) is 5.75 Å². The number of carbonyl (C=O) groups is 2. The topological polar surface area (TPSA) is 89.1 Å². The van der Waals surface area contributed by atoms with Crippen LogP contribution in [0.5, 0.6) is 17.2 Å². The zero-order valence-corrected chi connectivity index (χ0v) is 21.0. The molecule has 8 heteroatoms. The van der Waals surface area contributed by atoms with E-state index in [9.17, 15) is 9.59 Å². The van der Waals surface area contributed by atoms with E-state index < -0.39 is 0 Å². The molecule has 0 saturated carbocycles. The maximum absolute atomic E-state index is 13.3. The summed E-state index contributed by atoms with van der Waals surface area (Å²) in [6.07, 6.45) is 0.666. The van der Waals surface area contributed by atoms with Crippen LogP contribution in [0.15, 0.2) is 66.7 Å². The van der Waals surface area contributed by atoms with Crippen LogP contribution in [0.1, 0.15) is 29.0 Å². The molecule has 2 aliphatic heterocycles. The van der Waals surface area contributed by atoms with E-state index in [1.54, 1.807) is 18.1 Å². The molecule has 2 N–H and O–H groups in total. The van der Waals surface area contributed by atoms with Crippen molar-refractivity contribution >= 4 is 17.6 Å². The van der Waals surface area contributed by atoms with Crippen LogP contribution in [0.3, 0.4) is 0 Å². The Morgan fingerprint density at radius 2 is 1.84 bits per heavy atom. The zero-order chi connectivity index (χ0) is 25.8. The number of amides is 3. The molecule has 0 unspecified atom stereocenters. The van der Waals surface area contributed by atoms with Crippen molar-refractivity contribution in [2.75, 3.05) is 32.3 Å². The second-order valence-electron chi connectivity index (χ2n) is 9.52. The van der Waals surface area contributed by atoms with E-state index in [0.29, 0.717) is 49.0 Å². The molecular weight excluding hydrogens is 470 g/mol. The second-order valence-corrected chi connectivity index (χ2v) is 9.52. The number of fused-ring (bicyclic) bond motifs is 1. The lowest BCUT2D eigenvalue weighted by atomic mass is 9.83. The molecular formula is C29H31N3O5. The minimum absolute atomic E-state index is 0.0472. The number of aryl methyl sites for hydroxylation is 1. The number of nitrogens with zero attached hydrogens (tertiary/aromatic N) is 1. The summed E-state index contributed by atoms with van der Waals surface area (Å²) in [6.45, 7) is 3.50. The lowest BCUT2D eigenvalue weighted by Gasteiger charge is -2.37. The predicted octanol–water partition coefficient (Wildman–Crippen LogP) is 4.69. The smallest absolute Gasteiger partial charge is 0.321 e. The van der Waals surface area contributed by atoms with Gasteiger partial charge in [0.15, 0.2) is 11.5 Å². The number of nitrogens with one attached hydrogen (secondary N) is 2. The van der Waals surface area contributed by atoms with E-state index in [2.05, 4.69) is 35.8 Å². The number of ether oxygens (including phenoxy) is 3. The highest BCUT2D eigenvalue weighted by molar-refractivity contribution is 5.90.